The van der Waals surface area contributed by atoms with Gasteiger partial charge in [0.25, 0.3) is 0 Å². The molecule has 2 aromatic rings. The summed E-state index contributed by atoms with van der Waals surface area (Å²) in [5.74, 6) is 0.125. The first kappa shape index (κ1) is 14.5. The fourth-order valence-electron chi connectivity index (χ4n) is 2.08. The molecule has 20 heavy (non-hydrogen) atoms. The smallest absolute Gasteiger partial charge is 0.387 e. The predicted octanol–water partition coefficient (Wildman–Crippen LogP) is 3.90. The normalized spacial score (nSPS) is 12.4. The van der Waals surface area contributed by atoms with E-state index in [2.05, 4.69) is 11.7 Å². The number of alkyl halides is 2. The minimum Gasteiger partial charge on any atom is -0.435 e. The fourth-order valence-corrected chi connectivity index (χ4v) is 2.08. The summed E-state index contributed by atoms with van der Waals surface area (Å²) in [5, 5.41) is 0. The molecule has 0 radical (unpaired) electrons. The molecule has 0 saturated carbocycles. The van der Waals surface area contributed by atoms with Gasteiger partial charge in [-0.3, -0.25) is 0 Å². The largest absolute Gasteiger partial charge is 0.435 e. The molecule has 0 amide bonds. The quantitative estimate of drug-likeness (QED) is 0.899. The summed E-state index contributed by atoms with van der Waals surface area (Å²) in [6.07, 6.45) is 0.926. The van der Waals surface area contributed by atoms with Gasteiger partial charge in [-0.1, -0.05) is 43.3 Å². The number of hydrogen-bond acceptors (Lipinski definition) is 2. The third-order valence-corrected chi connectivity index (χ3v) is 3.16. The summed E-state index contributed by atoms with van der Waals surface area (Å²) >= 11 is 0. The van der Waals surface area contributed by atoms with Crippen molar-refractivity contribution in [3.63, 3.8) is 0 Å². The van der Waals surface area contributed by atoms with Crippen molar-refractivity contribution in [3.8, 4) is 5.75 Å². The summed E-state index contributed by atoms with van der Waals surface area (Å²) < 4.78 is 28.8. The maximum Gasteiger partial charge on any atom is 0.387 e. The zero-order valence-electron chi connectivity index (χ0n) is 11.2. The first-order chi connectivity index (χ1) is 9.60. The van der Waals surface area contributed by atoms with E-state index in [4.69, 9.17) is 5.73 Å². The third kappa shape index (κ3) is 3.54. The molecule has 2 nitrogen and oxygen atoms in total. The second-order valence-corrected chi connectivity index (χ2v) is 4.53. The molecule has 4 heteroatoms. The van der Waals surface area contributed by atoms with Gasteiger partial charge in [0, 0.05) is 0 Å². The van der Waals surface area contributed by atoms with E-state index in [-0.39, 0.29) is 11.8 Å². The lowest BCUT2D eigenvalue weighted by molar-refractivity contribution is -0.0498. The summed E-state index contributed by atoms with van der Waals surface area (Å²) in [4.78, 5) is 0. The van der Waals surface area contributed by atoms with Gasteiger partial charge in [-0.2, -0.15) is 8.78 Å². The van der Waals surface area contributed by atoms with Crippen LogP contribution in [-0.4, -0.2) is 6.61 Å². The molecule has 0 aliphatic rings. The van der Waals surface area contributed by atoms with Crippen LogP contribution in [0.5, 0.6) is 5.75 Å². The van der Waals surface area contributed by atoms with Gasteiger partial charge in [-0.15, -0.1) is 0 Å². The average molecular weight is 277 g/mol. The van der Waals surface area contributed by atoms with Crippen molar-refractivity contribution >= 4 is 0 Å². The monoisotopic (exact) mass is 277 g/mol. The van der Waals surface area contributed by atoms with E-state index in [0.29, 0.717) is 0 Å². The van der Waals surface area contributed by atoms with Gasteiger partial charge >= 0.3 is 6.61 Å². The van der Waals surface area contributed by atoms with Crippen molar-refractivity contribution < 1.29 is 13.5 Å². The fraction of sp³-hybridized carbons (Fsp3) is 0.250. The van der Waals surface area contributed by atoms with E-state index in [1.54, 1.807) is 12.1 Å². The Kier molecular flexibility index (Phi) is 4.69. The van der Waals surface area contributed by atoms with Crippen molar-refractivity contribution in [2.24, 2.45) is 5.73 Å². The molecule has 1 unspecified atom stereocenters. The first-order valence-electron chi connectivity index (χ1n) is 6.49. The molecular weight excluding hydrogens is 260 g/mol. The Morgan fingerprint density at radius 1 is 1.05 bits per heavy atom. The Bertz CT molecular complexity index is 572. The Labute approximate surface area is 117 Å². The van der Waals surface area contributed by atoms with Crippen LogP contribution < -0.4 is 10.5 Å². The molecule has 2 aromatic carbocycles. The van der Waals surface area contributed by atoms with E-state index in [0.717, 1.165) is 17.5 Å². The first-order valence-corrected chi connectivity index (χ1v) is 6.49. The lowest BCUT2D eigenvalue weighted by atomic mass is 9.97. The number of benzene rings is 2. The van der Waals surface area contributed by atoms with Crippen LogP contribution in [0.1, 0.15) is 29.7 Å². The van der Waals surface area contributed by atoms with Crippen molar-refractivity contribution in [1.29, 1.82) is 0 Å². The van der Waals surface area contributed by atoms with Gasteiger partial charge in [-0.25, -0.2) is 0 Å². The maximum absolute atomic E-state index is 12.2. The molecule has 1 atom stereocenters. The topological polar surface area (TPSA) is 35.2 Å². The highest BCUT2D eigenvalue weighted by Gasteiger charge is 2.11. The third-order valence-electron chi connectivity index (χ3n) is 3.16. The van der Waals surface area contributed by atoms with Crippen LogP contribution in [0.3, 0.4) is 0 Å². The highest BCUT2D eigenvalue weighted by molar-refractivity contribution is 5.37. The number of halogens is 2. The highest BCUT2D eigenvalue weighted by atomic mass is 19.3. The lowest BCUT2D eigenvalue weighted by Crippen LogP contribution is -2.12. The van der Waals surface area contributed by atoms with E-state index in [1.807, 2.05) is 30.3 Å². The van der Waals surface area contributed by atoms with E-state index >= 15 is 0 Å². The molecule has 0 saturated heterocycles. The number of nitrogens with two attached hydrogens (primary N) is 1. The number of rotatable bonds is 5. The van der Waals surface area contributed by atoms with Crippen LogP contribution in [0, 0.1) is 0 Å². The molecule has 0 heterocycles. The van der Waals surface area contributed by atoms with E-state index < -0.39 is 6.61 Å². The molecule has 106 valence electrons. The number of hydrogen-bond donors (Lipinski definition) is 1. The zero-order chi connectivity index (χ0) is 14.5. The minimum atomic E-state index is -2.83. The molecule has 0 fully saturated rings. The van der Waals surface area contributed by atoms with Gasteiger partial charge in [-0.05, 0) is 35.2 Å². The van der Waals surface area contributed by atoms with Crippen molar-refractivity contribution in [2.45, 2.75) is 26.0 Å². The summed E-state index contributed by atoms with van der Waals surface area (Å²) in [5.41, 5.74) is 9.09. The highest BCUT2D eigenvalue weighted by Crippen LogP contribution is 2.24. The van der Waals surface area contributed by atoms with Crippen LogP contribution in [0.15, 0.2) is 48.5 Å². The van der Waals surface area contributed by atoms with Crippen molar-refractivity contribution in [1.82, 2.24) is 0 Å². The van der Waals surface area contributed by atoms with Crippen LogP contribution in [0.2, 0.25) is 0 Å². The van der Waals surface area contributed by atoms with Crippen LogP contribution in [-0.2, 0) is 6.42 Å². The maximum atomic E-state index is 12.2. The van der Waals surface area contributed by atoms with Crippen molar-refractivity contribution in [2.75, 3.05) is 0 Å². The Balaban J connectivity index is 2.25. The lowest BCUT2D eigenvalue weighted by Gasteiger charge is -2.15. The number of ether oxygens (including phenoxy) is 1. The van der Waals surface area contributed by atoms with Crippen LogP contribution in [0.4, 0.5) is 8.78 Å². The molecule has 2 N–H and O–H groups in total. The molecular formula is C16H17F2NO. The summed E-state index contributed by atoms with van der Waals surface area (Å²) in [6, 6.07) is 14.1. The van der Waals surface area contributed by atoms with Gasteiger partial charge in [0.2, 0.25) is 0 Å². The summed E-state index contributed by atoms with van der Waals surface area (Å²) in [6.45, 7) is -0.758. The Hall–Kier alpha value is -1.94. The van der Waals surface area contributed by atoms with Gasteiger partial charge in [0.15, 0.2) is 0 Å². The molecule has 0 spiro atoms. The molecule has 0 aliphatic carbocycles. The van der Waals surface area contributed by atoms with Gasteiger partial charge in [0.1, 0.15) is 5.75 Å². The number of aryl methyl sites for hydroxylation is 1. The van der Waals surface area contributed by atoms with Gasteiger partial charge < -0.3 is 10.5 Å². The van der Waals surface area contributed by atoms with Crippen LogP contribution >= 0.6 is 0 Å². The van der Waals surface area contributed by atoms with E-state index in [9.17, 15) is 8.78 Å². The average Bonchev–Trinajstić information content (AvgIpc) is 2.46. The predicted molar refractivity (Wildman–Crippen MR) is 74.9 cm³/mol. The standard InChI is InChI=1S/C16H17F2NO/c1-2-11-5-3-6-12(9-11)15(19)13-7-4-8-14(10-13)20-16(17)18/h3-10,15-16H,2,19H2,1H3. The van der Waals surface area contributed by atoms with Gasteiger partial charge in [0.05, 0.1) is 6.04 Å². The molecule has 0 aromatic heterocycles. The Morgan fingerprint density at radius 2 is 1.70 bits per heavy atom. The second kappa shape index (κ2) is 6.48. The molecule has 2 rings (SSSR count). The van der Waals surface area contributed by atoms with Crippen molar-refractivity contribution in [3.05, 3.63) is 65.2 Å². The summed E-state index contributed by atoms with van der Waals surface area (Å²) in [7, 11) is 0. The van der Waals surface area contributed by atoms with E-state index in [1.165, 1.54) is 11.6 Å². The zero-order valence-corrected chi connectivity index (χ0v) is 11.2. The Morgan fingerprint density at radius 3 is 2.35 bits per heavy atom. The molecule has 0 aliphatic heterocycles. The second-order valence-electron chi connectivity index (χ2n) is 4.53. The molecule has 0 bridgehead atoms. The van der Waals surface area contributed by atoms with Crippen LogP contribution in [0.25, 0.3) is 0 Å². The SMILES string of the molecule is CCc1cccc(C(N)c2cccc(OC(F)F)c2)c1. The minimum absolute atomic E-state index is 0.125.